The van der Waals surface area contributed by atoms with Gasteiger partial charge in [0.05, 0.1) is 10.2 Å². The van der Waals surface area contributed by atoms with Crippen molar-refractivity contribution in [2.75, 3.05) is 0 Å². The van der Waals surface area contributed by atoms with Gasteiger partial charge in [0.15, 0.2) is 0 Å². The Morgan fingerprint density at radius 3 is 2.30 bits per heavy atom. The van der Waals surface area contributed by atoms with Crippen LogP contribution in [0.4, 0.5) is 0 Å². The van der Waals surface area contributed by atoms with Crippen molar-refractivity contribution in [3.05, 3.63) is 21.1 Å². The predicted octanol–water partition coefficient (Wildman–Crippen LogP) is 5.92. The third-order valence-electron chi connectivity index (χ3n) is 3.97. The van der Waals surface area contributed by atoms with Gasteiger partial charge in [0.2, 0.25) is 0 Å². The lowest BCUT2D eigenvalue weighted by atomic mass is 9.90. The fourth-order valence-corrected chi connectivity index (χ4v) is 3.43. The molecule has 20 heavy (non-hydrogen) atoms. The van der Waals surface area contributed by atoms with Crippen molar-refractivity contribution < 1.29 is 0 Å². The Kier molecular flexibility index (Phi) is 6.28. The maximum Gasteiger partial charge on any atom is 0.147 e. The summed E-state index contributed by atoms with van der Waals surface area (Å²) in [7, 11) is 0. The summed E-state index contributed by atoms with van der Waals surface area (Å²) in [5, 5.41) is 0.577. The number of hydrogen-bond acceptors (Lipinski definition) is 2. The lowest BCUT2D eigenvalue weighted by Crippen LogP contribution is -2.11. The molecule has 1 saturated carbocycles. The van der Waals surface area contributed by atoms with E-state index in [1.54, 1.807) is 0 Å². The molecule has 1 fully saturated rings. The zero-order chi connectivity index (χ0) is 14.5. The van der Waals surface area contributed by atoms with Crippen molar-refractivity contribution in [2.45, 2.75) is 71.1 Å². The molecule has 1 heterocycles. The van der Waals surface area contributed by atoms with Crippen LogP contribution < -0.4 is 0 Å². The van der Waals surface area contributed by atoms with Gasteiger partial charge in [-0.1, -0.05) is 57.6 Å². The van der Waals surface area contributed by atoms with Crippen molar-refractivity contribution in [2.24, 2.45) is 5.92 Å². The second-order valence-electron chi connectivity index (χ2n) is 6.27. The molecule has 2 rings (SSSR count). The van der Waals surface area contributed by atoms with Gasteiger partial charge in [0, 0.05) is 5.92 Å². The second kappa shape index (κ2) is 7.74. The zero-order valence-electron chi connectivity index (χ0n) is 12.5. The van der Waals surface area contributed by atoms with Gasteiger partial charge in [-0.3, -0.25) is 0 Å². The van der Waals surface area contributed by atoms with Gasteiger partial charge in [-0.2, -0.15) is 0 Å². The quantitative estimate of drug-likeness (QED) is 0.626. The molecule has 1 aromatic heterocycles. The van der Waals surface area contributed by atoms with Gasteiger partial charge in [0.1, 0.15) is 11.0 Å². The Labute approximate surface area is 135 Å². The van der Waals surface area contributed by atoms with Gasteiger partial charge < -0.3 is 0 Å². The van der Waals surface area contributed by atoms with Crippen molar-refractivity contribution >= 4 is 27.5 Å². The molecule has 1 aliphatic rings. The first kappa shape index (κ1) is 16.2. The molecule has 0 unspecified atom stereocenters. The van der Waals surface area contributed by atoms with Crippen LogP contribution in [-0.2, 0) is 6.42 Å². The summed E-state index contributed by atoms with van der Waals surface area (Å²) in [6.07, 6.45) is 10.0. The van der Waals surface area contributed by atoms with Crippen LogP contribution in [0.5, 0.6) is 0 Å². The van der Waals surface area contributed by atoms with Gasteiger partial charge in [-0.15, -0.1) is 0 Å². The highest BCUT2D eigenvalue weighted by atomic mass is 79.9. The predicted molar refractivity (Wildman–Crippen MR) is 88.3 cm³/mol. The van der Waals surface area contributed by atoms with E-state index in [2.05, 4.69) is 34.8 Å². The third-order valence-corrected chi connectivity index (χ3v) is 5.30. The molecular weight excluding hydrogens is 336 g/mol. The normalized spacial score (nSPS) is 18.1. The van der Waals surface area contributed by atoms with Crippen LogP contribution in [0.2, 0.25) is 5.15 Å². The molecule has 0 bridgehead atoms. The Bertz CT molecular complexity index is 440. The molecule has 0 radical (unpaired) electrons. The first-order valence-corrected chi connectivity index (χ1v) is 8.97. The zero-order valence-corrected chi connectivity index (χ0v) is 14.8. The number of rotatable bonds is 3. The average Bonchev–Trinajstić information content (AvgIpc) is 2.33. The van der Waals surface area contributed by atoms with Crippen LogP contribution in [0.1, 0.15) is 76.2 Å². The van der Waals surface area contributed by atoms with E-state index < -0.39 is 0 Å². The Morgan fingerprint density at radius 1 is 1.10 bits per heavy atom. The molecule has 0 aliphatic heterocycles. The Morgan fingerprint density at radius 2 is 1.70 bits per heavy atom. The minimum atomic E-state index is 0.492. The molecule has 1 aromatic rings. The van der Waals surface area contributed by atoms with Crippen LogP contribution in [0, 0.1) is 5.92 Å². The van der Waals surface area contributed by atoms with E-state index in [0.717, 1.165) is 22.4 Å². The average molecular weight is 360 g/mol. The second-order valence-corrected chi connectivity index (χ2v) is 7.42. The van der Waals surface area contributed by atoms with Gasteiger partial charge in [0.25, 0.3) is 0 Å². The summed E-state index contributed by atoms with van der Waals surface area (Å²) in [5.74, 6) is 2.03. The van der Waals surface area contributed by atoms with Crippen LogP contribution in [0.15, 0.2) is 4.47 Å². The van der Waals surface area contributed by atoms with E-state index in [1.165, 1.54) is 44.9 Å². The summed E-state index contributed by atoms with van der Waals surface area (Å²) in [4.78, 5) is 9.37. The van der Waals surface area contributed by atoms with E-state index in [1.807, 2.05) is 0 Å². The maximum atomic E-state index is 6.30. The van der Waals surface area contributed by atoms with Gasteiger partial charge in [-0.25, -0.2) is 9.97 Å². The van der Waals surface area contributed by atoms with Crippen LogP contribution in [0.25, 0.3) is 0 Å². The third kappa shape index (κ3) is 4.42. The number of hydrogen-bond donors (Lipinski definition) is 0. The highest BCUT2D eigenvalue weighted by Crippen LogP contribution is 2.32. The fourth-order valence-electron chi connectivity index (χ4n) is 2.90. The lowest BCUT2D eigenvalue weighted by Gasteiger charge is -2.20. The van der Waals surface area contributed by atoms with Gasteiger partial charge in [-0.05, 0) is 41.1 Å². The standard InChI is InChI=1S/C16H24BrClN2/c1-11(2)10-13-14(17)15(18)20-16(19-13)12-8-6-4-3-5-7-9-12/h11-12H,3-10H2,1-2H3. The maximum absolute atomic E-state index is 6.30. The molecule has 0 saturated heterocycles. The number of aromatic nitrogens is 2. The topological polar surface area (TPSA) is 25.8 Å². The Balaban J connectivity index is 2.23. The number of nitrogens with zero attached hydrogens (tertiary/aromatic N) is 2. The summed E-state index contributed by atoms with van der Waals surface area (Å²) >= 11 is 9.83. The molecule has 0 aromatic carbocycles. The molecule has 4 heteroatoms. The molecule has 2 nitrogen and oxygen atoms in total. The number of halogens is 2. The smallest absolute Gasteiger partial charge is 0.147 e. The van der Waals surface area contributed by atoms with Crippen molar-refractivity contribution in [1.29, 1.82) is 0 Å². The molecule has 1 aliphatic carbocycles. The van der Waals surface area contributed by atoms with Crippen molar-refractivity contribution in [3.63, 3.8) is 0 Å². The van der Waals surface area contributed by atoms with Crippen LogP contribution >= 0.6 is 27.5 Å². The summed E-state index contributed by atoms with van der Waals surface area (Å²) in [5.41, 5.74) is 1.07. The molecular formula is C16H24BrClN2. The van der Waals surface area contributed by atoms with Crippen molar-refractivity contribution in [1.82, 2.24) is 9.97 Å². The van der Waals surface area contributed by atoms with E-state index in [4.69, 9.17) is 16.6 Å². The highest BCUT2D eigenvalue weighted by Gasteiger charge is 2.20. The lowest BCUT2D eigenvalue weighted by molar-refractivity contribution is 0.440. The van der Waals surface area contributed by atoms with E-state index in [0.29, 0.717) is 17.0 Å². The monoisotopic (exact) mass is 358 g/mol. The molecule has 0 N–H and O–H groups in total. The van der Waals surface area contributed by atoms with E-state index in [-0.39, 0.29) is 0 Å². The first-order valence-electron chi connectivity index (χ1n) is 7.79. The Hall–Kier alpha value is -0.150. The fraction of sp³-hybridized carbons (Fsp3) is 0.750. The summed E-state index contributed by atoms with van der Waals surface area (Å²) < 4.78 is 0.877. The SMILES string of the molecule is CC(C)Cc1nc(C2CCCCCCC2)nc(Cl)c1Br. The largest absolute Gasteiger partial charge is 0.236 e. The minimum absolute atomic E-state index is 0.492. The van der Waals surface area contributed by atoms with Crippen LogP contribution in [-0.4, -0.2) is 9.97 Å². The molecule has 0 atom stereocenters. The van der Waals surface area contributed by atoms with E-state index >= 15 is 0 Å². The van der Waals surface area contributed by atoms with E-state index in [9.17, 15) is 0 Å². The first-order chi connectivity index (χ1) is 9.58. The minimum Gasteiger partial charge on any atom is -0.236 e. The van der Waals surface area contributed by atoms with Crippen molar-refractivity contribution in [3.8, 4) is 0 Å². The summed E-state index contributed by atoms with van der Waals surface area (Å²) in [6.45, 7) is 4.41. The van der Waals surface area contributed by atoms with Gasteiger partial charge >= 0.3 is 0 Å². The van der Waals surface area contributed by atoms with Crippen LogP contribution in [0.3, 0.4) is 0 Å². The molecule has 0 amide bonds. The highest BCUT2D eigenvalue weighted by molar-refractivity contribution is 9.10. The summed E-state index contributed by atoms with van der Waals surface area (Å²) in [6, 6.07) is 0. The molecule has 0 spiro atoms. The molecule has 112 valence electrons.